The van der Waals surface area contributed by atoms with Crippen LogP contribution in [0.2, 0.25) is 0 Å². The van der Waals surface area contributed by atoms with E-state index in [-0.39, 0.29) is 18.5 Å². The van der Waals surface area contributed by atoms with Gasteiger partial charge in [0.25, 0.3) is 0 Å². The van der Waals surface area contributed by atoms with E-state index in [1.54, 1.807) is 0 Å². The van der Waals surface area contributed by atoms with E-state index in [9.17, 15) is 5.11 Å². The van der Waals surface area contributed by atoms with E-state index in [1.165, 1.54) is 64.5 Å². The Hall–Kier alpha value is 0.560. The summed E-state index contributed by atoms with van der Waals surface area (Å²) in [6.45, 7) is 7.81. The third kappa shape index (κ3) is 9.49. The van der Waals surface area contributed by atoms with Gasteiger partial charge in [0.15, 0.2) is 0 Å². The maximum Gasteiger partial charge on any atom is 0.0757 e. The van der Waals surface area contributed by atoms with Gasteiger partial charge in [-0.1, -0.05) is 39.5 Å². The van der Waals surface area contributed by atoms with Crippen molar-refractivity contribution in [3.63, 3.8) is 0 Å². The third-order valence-electron chi connectivity index (χ3n) is 4.03. The van der Waals surface area contributed by atoms with Gasteiger partial charge in [0.1, 0.15) is 0 Å². The normalized spacial score (nSPS) is 19.4. The van der Waals surface area contributed by atoms with Gasteiger partial charge in [0.2, 0.25) is 0 Å². The molecule has 1 heterocycles. The first kappa shape index (κ1) is 20.6. The van der Waals surface area contributed by atoms with Crippen LogP contribution in [0.25, 0.3) is 0 Å². The molecule has 0 aromatic carbocycles. The van der Waals surface area contributed by atoms with Gasteiger partial charge in [-0.25, -0.2) is 0 Å². The van der Waals surface area contributed by atoms with Crippen molar-refractivity contribution in [3.8, 4) is 0 Å². The number of halogens is 1. The molecule has 0 spiro atoms. The van der Waals surface area contributed by atoms with Crippen LogP contribution in [0.4, 0.5) is 0 Å². The van der Waals surface area contributed by atoms with Crippen molar-refractivity contribution in [2.45, 2.75) is 76.6 Å². The summed E-state index contributed by atoms with van der Waals surface area (Å²) < 4.78 is 0. The van der Waals surface area contributed by atoms with Gasteiger partial charge in [0.05, 0.1) is 6.10 Å². The molecule has 0 radical (unpaired) electrons. The lowest BCUT2D eigenvalue weighted by Crippen LogP contribution is -2.37. The number of hydrogen-bond acceptors (Lipinski definition) is 3. The number of β-amino-alcohol motifs (C(OH)–C–C–N with tert-alkyl or cyclic N) is 1. The Morgan fingerprint density at radius 2 is 1.80 bits per heavy atom. The van der Waals surface area contributed by atoms with Crippen molar-refractivity contribution in [1.82, 2.24) is 4.90 Å². The number of unbranched alkanes of at least 4 members (excludes halogenated alkanes) is 2. The summed E-state index contributed by atoms with van der Waals surface area (Å²) in [5.74, 6) is 0.918. The molecule has 20 heavy (non-hydrogen) atoms. The molecule has 1 aliphatic heterocycles. The maximum absolute atomic E-state index is 10.2. The second kappa shape index (κ2) is 13.2. The second-order valence-electron chi connectivity index (χ2n) is 5.87. The zero-order chi connectivity index (χ0) is 13.9. The van der Waals surface area contributed by atoms with Crippen LogP contribution >= 0.6 is 24.2 Å². The Morgan fingerprint density at radius 1 is 1.10 bits per heavy atom. The quantitative estimate of drug-likeness (QED) is 0.605. The molecule has 0 aliphatic carbocycles. The first-order valence-electron chi connectivity index (χ1n) is 8.28. The molecule has 0 bridgehead atoms. The van der Waals surface area contributed by atoms with E-state index in [1.807, 2.05) is 11.8 Å². The largest absolute Gasteiger partial charge is 0.391 e. The molecule has 1 fully saturated rings. The smallest absolute Gasteiger partial charge is 0.0757 e. The Bertz CT molecular complexity index is 213. The lowest BCUT2D eigenvalue weighted by atomic mass is 10.1. The van der Waals surface area contributed by atoms with Gasteiger partial charge in [-0.05, 0) is 38.8 Å². The number of aliphatic hydroxyl groups excluding tert-OH is 1. The van der Waals surface area contributed by atoms with Crippen molar-refractivity contribution in [2.24, 2.45) is 0 Å². The molecule has 0 aromatic rings. The van der Waals surface area contributed by atoms with Crippen LogP contribution in [0.3, 0.4) is 0 Å². The Kier molecular flexibility index (Phi) is 13.6. The van der Waals surface area contributed by atoms with E-state index < -0.39 is 0 Å². The summed E-state index contributed by atoms with van der Waals surface area (Å²) in [5.41, 5.74) is 0. The molecule has 0 amide bonds. The average Bonchev–Trinajstić information content (AvgIpc) is 2.44. The maximum atomic E-state index is 10.2. The fourth-order valence-corrected chi connectivity index (χ4v) is 3.94. The van der Waals surface area contributed by atoms with Crippen LogP contribution < -0.4 is 0 Å². The fourth-order valence-electron chi connectivity index (χ4n) is 2.77. The first-order valence-corrected chi connectivity index (χ1v) is 9.33. The molecule has 0 aromatic heterocycles. The molecule has 2 nitrogen and oxygen atoms in total. The second-order valence-corrected chi connectivity index (χ2v) is 7.21. The topological polar surface area (TPSA) is 23.5 Å². The van der Waals surface area contributed by atoms with Gasteiger partial charge in [0, 0.05) is 17.5 Å². The van der Waals surface area contributed by atoms with Crippen LogP contribution in [0.5, 0.6) is 0 Å². The highest BCUT2D eigenvalue weighted by molar-refractivity contribution is 7.99. The lowest BCUT2D eigenvalue weighted by molar-refractivity contribution is 0.117. The van der Waals surface area contributed by atoms with Gasteiger partial charge in [-0.2, -0.15) is 11.8 Å². The molecule has 1 aliphatic rings. The van der Waals surface area contributed by atoms with E-state index in [4.69, 9.17) is 0 Å². The standard InChI is InChI=1S/C16H33NOS.ClH/c1-3-5-7-10-16(4-2)19-14-15(18)13-17-11-8-6-9-12-17;/h15-16,18H,3-14H2,1-2H3;1H. The third-order valence-corrected chi connectivity index (χ3v) is 5.64. The minimum atomic E-state index is -0.136. The molecule has 122 valence electrons. The highest BCUT2D eigenvalue weighted by atomic mass is 35.5. The van der Waals surface area contributed by atoms with Crippen molar-refractivity contribution in [2.75, 3.05) is 25.4 Å². The van der Waals surface area contributed by atoms with Crippen molar-refractivity contribution in [3.05, 3.63) is 0 Å². The summed E-state index contributed by atoms with van der Waals surface area (Å²) in [5, 5.41) is 10.9. The molecular weight excluding hydrogens is 290 g/mol. The van der Waals surface area contributed by atoms with Crippen LogP contribution in [0, 0.1) is 0 Å². The molecular formula is C16H34ClNOS. The van der Waals surface area contributed by atoms with Crippen LogP contribution in [0.15, 0.2) is 0 Å². The van der Waals surface area contributed by atoms with E-state index in [0.29, 0.717) is 0 Å². The summed E-state index contributed by atoms with van der Waals surface area (Å²) in [6, 6.07) is 0. The number of nitrogens with zero attached hydrogens (tertiary/aromatic N) is 1. The number of piperidine rings is 1. The van der Waals surface area contributed by atoms with Gasteiger partial charge in [-0.3, -0.25) is 0 Å². The highest BCUT2D eigenvalue weighted by Gasteiger charge is 2.16. The van der Waals surface area contributed by atoms with Gasteiger partial charge >= 0.3 is 0 Å². The zero-order valence-corrected chi connectivity index (χ0v) is 15.0. The summed E-state index contributed by atoms with van der Waals surface area (Å²) >= 11 is 1.99. The number of aliphatic hydroxyl groups is 1. The van der Waals surface area contributed by atoms with E-state index in [0.717, 1.165) is 17.5 Å². The predicted molar refractivity (Wildman–Crippen MR) is 94.2 cm³/mol. The number of likely N-dealkylation sites (tertiary alicyclic amines) is 1. The summed E-state index contributed by atoms with van der Waals surface area (Å²) in [7, 11) is 0. The molecule has 2 unspecified atom stereocenters. The van der Waals surface area contributed by atoms with Gasteiger partial charge < -0.3 is 10.0 Å². The molecule has 2 atom stereocenters. The highest BCUT2D eigenvalue weighted by Crippen LogP contribution is 2.22. The Balaban J connectivity index is 0.00000361. The molecule has 1 rings (SSSR count). The minimum Gasteiger partial charge on any atom is -0.391 e. The van der Waals surface area contributed by atoms with Crippen LogP contribution in [-0.2, 0) is 0 Å². The monoisotopic (exact) mass is 323 g/mol. The van der Waals surface area contributed by atoms with Crippen molar-refractivity contribution in [1.29, 1.82) is 0 Å². The molecule has 4 heteroatoms. The number of rotatable bonds is 10. The summed E-state index contributed by atoms with van der Waals surface area (Å²) in [6.07, 6.45) is 10.4. The Labute approximate surface area is 136 Å². The SMILES string of the molecule is CCCCCC(CC)SCC(O)CN1CCCCC1.Cl. The number of hydrogen-bond donors (Lipinski definition) is 1. The number of thioether (sulfide) groups is 1. The molecule has 1 N–H and O–H groups in total. The Morgan fingerprint density at radius 3 is 2.40 bits per heavy atom. The predicted octanol–water partition coefficient (Wildman–Crippen LogP) is 4.35. The zero-order valence-electron chi connectivity index (χ0n) is 13.4. The molecule has 0 saturated carbocycles. The minimum absolute atomic E-state index is 0. The molecule has 1 saturated heterocycles. The first-order chi connectivity index (χ1) is 9.26. The van der Waals surface area contributed by atoms with E-state index in [2.05, 4.69) is 18.7 Å². The van der Waals surface area contributed by atoms with Crippen molar-refractivity contribution >= 4 is 24.2 Å². The van der Waals surface area contributed by atoms with Gasteiger partial charge in [-0.15, -0.1) is 12.4 Å². The van der Waals surface area contributed by atoms with Crippen LogP contribution in [0.1, 0.15) is 65.2 Å². The fraction of sp³-hybridized carbons (Fsp3) is 1.00. The average molecular weight is 324 g/mol. The lowest BCUT2D eigenvalue weighted by Gasteiger charge is -2.28. The van der Waals surface area contributed by atoms with Crippen molar-refractivity contribution < 1.29 is 5.11 Å². The van der Waals surface area contributed by atoms with Crippen LogP contribution in [-0.4, -0.2) is 46.7 Å². The summed E-state index contributed by atoms with van der Waals surface area (Å²) in [4.78, 5) is 2.44. The van der Waals surface area contributed by atoms with E-state index >= 15 is 0 Å².